The average Bonchev–Trinajstić information content (AvgIpc) is 2.53. The first-order valence-corrected chi connectivity index (χ1v) is 3.18. The molecule has 0 saturated heterocycles. The molecular weight excluding hydrogens is 144 g/mol. The number of furan rings is 1. The van der Waals surface area contributed by atoms with Gasteiger partial charge in [0.25, 0.3) is 0 Å². The van der Waals surface area contributed by atoms with E-state index < -0.39 is 0 Å². The third-order valence-corrected chi connectivity index (χ3v) is 1.61. The van der Waals surface area contributed by atoms with Crippen molar-refractivity contribution in [2.24, 2.45) is 7.05 Å². The number of hydrogen-bond donors (Lipinski definition) is 0. The molecule has 2 rings (SSSR count). The SMILES string of the molecule is Cn1c(C=O)nc2ccoc21. The Bertz CT molecular complexity index is 399. The number of aromatic nitrogens is 2. The molecule has 0 aliphatic heterocycles. The molecule has 2 aromatic rings. The van der Waals surface area contributed by atoms with E-state index in [2.05, 4.69) is 4.98 Å². The molecule has 4 nitrogen and oxygen atoms in total. The van der Waals surface area contributed by atoms with Crippen molar-refractivity contribution in [3.05, 3.63) is 18.2 Å². The van der Waals surface area contributed by atoms with Gasteiger partial charge in [-0.2, -0.15) is 0 Å². The predicted octanol–water partition coefficient (Wildman–Crippen LogP) is 0.979. The second-order valence-corrected chi connectivity index (χ2v) is 2.26. The van der Waals surface area contributed by atoms with Crippen molar-refractivity contribution in [3.63, 3.8) is 0 Å². The summed E-state index contributed by atoms with van der Waals surface area (Å²) in [6.07, 6.45) is 2.25. The molecule has 0 aliphatic carbocycles. The van der Waals surface area contributed by atoms with Crippen LogP contribution in [0, 0.1) is 0 Å². The number of hydrogen-bond acceptors (Lipinski definition) is 3. The molecule has 0 amide bonds. The molecule has 0 bridgehead atoms. The quantitative estimate of drug-likeness (QED) is 0.569. The second kappa shape index (κ2) is 1.95. The number of nitrogens with zero attached hydrogens (tertiary/aromatic N) is 2. The summed E-state index contributed by atoms with van der Waals surface area (Å²) in [7, 11) is 1.74. The standard InChI is InChI=1S/C7H6N2O2/c1-9-6(4-10)8-5-2-3-11-7(5)9/h2-4H,1H3. The molecule has 11 heavy (non-hydrogen) atoms. The van der Waals surface area contributed by atoms with Gasteiger partial charge in [0.05, 0.1) is 6.26 Å². The van der Waals surface area contributed by atoms with Crippen LogP contribution < -0.4 is 0 Å². The van der Waals surface area contributed by atoms with Crippen molar-refractivity contribution in [2.75, 3.05) is 0 Å². The van der Waals surface area contributed by atoms with E-state index in [1.54, 1.807) is 23.9 Å². The van der Waals surface area contributed by atoms with Crippen LogP contribution in [0.1, 0.15) is 10.6 Å². The van der Waals surface area contributed by atoms with Gasteiger partial charge in [0.15, 0.2) is 12.1 Å². The number of aldehydes is 1. The van der Waals surface area contributed by atoms with Gasteiger partial charge in [-0.15, -0.1) is 0 Å². The molecule has 0 fully saturated rings. The van der Waals surface area contributed by atoms with E-state index in [4.69, 9.17) is 4.42 Å². The monoisotopic (exact) mass is 150 g/mol. The smallest absolute Gasteiger partial charge is 0.226 e. The van der Waals surface area contributed by atoms with Crippen molar-refractivity contribution >= 4 is 17.5 Å². The van der Waals surface area contributed by atoms with Crippen molar-refractivity contribution in [1.82, 2.24) is 9.55 Å². The van der Waals surface area contributed by atoms with E-state index in [1.807, 2.05) is 0 Å². The van der Waals surface area contributed by atoms with Gasteiger partial charge in [-0.05, 0) is 0 Å². The lowest BCUT2D eigenvalue weighted by atomic mass is 10.6. The molecular formula is C7H6N2O2. The number of rotatable bonds is 1. The third kappa shape index (κ3) is 0.690. The Labute approximate surface area is 62.4 Å². The molecule has 2 aromatic heterocycles. The Kier molecular flexibility index (Phi) is 1.09. The lowest BCUT2D eigenvalue weighted by Crippen LogP contribution is -1.94. The van der Waals surface area contributed by atoms with Gasteiger partial charge in [0.2, 0.25) is 5.71 Å². The minimum absolute atomic E-state index is 0.388. The topological polar surface area (TPSA) is 48.0 Å². The van der Waals surface area contributed by atoms with Crippen LogP contribution in [0.15, 0.2) is 16.7 Å². The Hall–Kier alpha value is -1.58. The van der Waals surface area contributed by atoms with Gasteiger partial charge in [-0.3, -0.25) is 9.36 Å². The Morgan fingerprint density at radius 3 is 3.18 bits per heavy atom. The van der Waals surface area contributed by atoms with Gasteiger partial charge in [-0.1, -0.05) is 0 Å². The van der Waals surface area contributed by atoms with E-state index in [9.17, 15) is 4.79 Å². The highest BCUT2D eigenvalue weighted by atomic mass is 16.3. The van der Waals surface area contributed by atoms with E-state index >= 15 is 0 Å². The fraction of sp³-hybridized carbons (Fsp3) is 0.143. The van der Waals surface area contributed by atoms with Crippen LogP contribution in [0.2, 0.25) is 0 Å². The Balaban J connectivity index is 2.86. The van der Waals surface area contributed by atoms with Crippen LogP contribution in [0.3, 0.4) is 0 Å². The summed E-state index contributed by atoms with van der Waals surface area (Å²) in [5.74, 6) is 0.388. The number of carbonyl (C=O) groups is 1. The van der Waals surface area contributed by atoms with E-state index in [0.29, 0.717) is 17.8 Å². The van der Waals surface area contributed by atoms with Gasteiger partial charge >= 0.3 is 0 Å². The summed E-state index contributed by atoms with van der Waals surface area (Å²) in [6, 6.07) is 1.72. The maximum Gasteiger partial charge on any atom is 0.226 e. The highest BCUT2D eigenvalue weighted by Gasteiger charge is 2.07. The number of carbonyl (C=O) groups excluding carboxylic acids is 1. The summed E-state index contributed by atoms with van der Waals surface area (Å²) in [5.41, 5.74) is 1.35. The van der Waals surface area contributed by atoms with Crippen molar-refractivity contribution in [1.29, 1.82) is 0 Å². The third-order valence-electron chi connectivity index (χ3n) is 1.61. The number of fused-ring (bicyclic) bond motifs is 1. The summed E-state index contributed by atoms with van der Waals surface area (Å²) in [6.45, 7) is 0. The first-order chi connectivity index (χ1) is 5.33. The lowest BCUT2D eigenvalue weighted by Gasteiger charge is -1.89. The zero-order valence-electron chi connectivity index (χ0n) is 5.94. The second-order valence-electron chi connectivity index (χ2n) is 2.26. The first-order valence-electron chi connectivity index (χ1n) is 3.18. The Morgan fingerprint density at radius 1 is 1.73 bits per heavy atom. The predicted molar refractivity (Wildman–Crippen MR) is 38.4 cm³/mol. The van der Waals surface area contributed by atoms with Gasteiger partial charge in [0.1, 0.15) is 5.52 Å². The van der Waals surface area contributed by atoms with Crippen LogP contribution in [-0.4, -0.2) is 15.8 Å². The molecule has 4 heteroatoms. The maximum absolute atomic E-state index is 10.4. The van der Waals surface area contributed by atoms with E-state index in [1.165, 1.54) is 0 Å². The summed E-state index contributed by atoms with van der Waals surface area (Å²) >= 11 is 0. The minimum Gasteiger partial charge on any atom is -0.446 e. The van der Waals surface area contributed by atoms with Crippen LogP contribution in [0.4, 0.5) is 0 Å². The summed E-state index contributed by atoms with van der Waals surface area (Å²) in [4.78, 5) is 14.4. The van der Waals surface area contributed by atoms with Crippen molar-refractivity contribution in [3.8, 4) is 0 Å². The fourth-order valence-electron chi connectivity index (χ4n) is 1.04. The summed E-state index contributed by atoms with van der Waals surface area (Å²) < 4.78 is 6.69. The van der Waals surface area contributed by atoms with Crippen LogP contribution >= 0.6 is 0 Å². The van der Waals surface area contributed by atoms with Crippen molar-refractivity contribution in [2.45, 2.75) is 0 Å². The molecule has 0 aliphatic rings. The molecule has 2 heterocycles. The first kappa shape index (κ1) is 6.15. The Morgan fingerprint density at radius 2 is 2.55 bits per heavy atom. The maximum atomic E-state index is 10.4. The van der Waals surface area contributed by atoms with Gasteiger partial charge < -0.3 is 4.42 Å². The molecule has 0 atom stereocenters. The largest absolute Gasteiger partial charge is 0.446 e. The van der Waals surface area contributed by atoms with Crippen LogP contribution in [0.5, 0.6) is 0 Å². The fourth-order valence-corrected chi connectivity index (χ4v) is 1.04. The molecule has 0 unspecified atom stereocenters. The molecule has 0 spiro atoms. The normalized spacial score (nSPS) is 10.6. The average molecular weight is 150 g/mol. The minimum atomic E-state index is 0.388. The highest BCUT2D eigenvalue weighted by Crippen LogP contribution is 2.13. The van der Waals surface area contributed by atoms with Crippen molar-refractivity contribution < 1.29 is 9.21 Å². The number of imidazole rings is 1. The zero-order chi connectivity index (χ0) is 7.84. The lowest BCUT2D eigenvalue weighted by molar-refractivity contribution is 0.111. The molecule has 0 radical (unpaired) electrons. The highest BCUT2D eigenvalue weighted by molar-refractivity contribution is 5.79. The van der Waals surface area contributed by atoms with Crippen LogP contribution in [-0.2, 0) is 7.05 Å². The molecule has 0 aromatic carbocycles. The summed E-state index contributed by atoms with van der Waals surface area (Å²) in [5, 5.41) is 0. The van der Waals surface area contributed by atoms with E-state index in [0.717, 1.165) is 5.52 Å². The molecule has 56 valence electrons. The molecule has 0 saturated carbocycles. The molecule has 0 N–H and O–H groups in total. The van der Waals surface area contributed by atoms with Gasteiger partial charge in [-0.25, -0.2) is 4.98 Å². The van der Waals surface area contributed by atoms with Crippen LogP contribution in [0.25, 0.3) is 11.2 Å². The van der Waals surface area contributed by atoms with Gasteiger partial charge in [0, 0.05) is 13.1 Å². The zero-order valence-corrected chi connectivity index (χ0v) is 5.94. The van der Waals surface area contributed by atoms with E-state index in [-0.39, 0.29) is 0 Å². The number of aryl methyl sites for hydroxylation is 1.